The van der Waals surface area contributed by atoms with E-state index in [9.17, 15) is 0 Å². The van der Waals surface area contributed by atoms with Crippen molar-refractivity contribution in [1.82, 2.24) is 29.2 Å². The lowest BCUT2D eigenvalue weighted by atomic mass is 10.4. The summed E-state index contributed by atoms with van der Waals surface area (Å²) in [4.78, 5) is 10.9. The molecule has 0 saturated carbocycles. The maximum atomic E-state index is 5.75. The Labute approximate surface area is 140 Å². The summed E-state index contributed by atoms with van der Waals surface area (Å²) in [5.74, 6) is 1.56. The van der Waals surface area contributed by atoms with Crippen molar-refractivity contribution in [2.45, 2.75) is 12.8 Å². The third-order valence-electron chi connectivity index (χ3n) is 4.21. The van der Waals surface area contributed by atoms with Gasteiger partial charge >= 0.3 is 0 Å². The van der Waals surface area contributed by atoms with E-state index in [1.807, 2.05) is 33.6 Å². The molecule has 124 valence electrons. The highest BCUT2D eigenvalue weighted by Gasteiger charge is 2.11. The normalized spacial score (nSPS) is 15.0. The molecule has 4 rings (SSSR count). The lowest BCUT2D eigenvalue weighted by molar-refractivity contribution is 0.232. The maximum absolute atomic E-state index is 5.75. The summed E-state index contributed by atoms with van der Waals surface area (Å²) in [6.07, 6.45) is 11.5. The van der Waals surface area contributed by atoms with Crippen molar-refractivity contribution in [3.8, 4) is 17.4 Å². The van der Waals surface area contributed by atoms with Gasteiger partial charge in [-0.3, -0.25) is 9.47 Å². The van der Waals surface area contributed by atoms with Crippen LogP contribution >= 0.6 is 0 Å². The summed E-state index contributed by atoms with van der Waals surface area (Å²) in [7, 11) is 0. The number of nitrogens with zero attached hydrogens (tertiary/aromatic N) is 6. The van der Waals surface area contributed by atoms with E-state index < -0.39 is 0 Å². The molecule has 0 unspecified atom stereocenters. The number of imidazole rings is 1. The molecule has 0 spiro atoms. The topological polar surface area (TPSA) is 61.0 Å². The molecule has 24 heavy (non-hydrogen) atoms. The van der Waals surface area contributed by atoms with Gasteiger partial charge in [0.05, 0.1) is 18.1 Å². The Balaban J connectivity index is 1.42. The zero-order valence-electron chi connectivity index (χ0n) is 13.5. The first-order chi connectivity index (χ1) is 11.9. The largest absolute Gasteiger partial charge is 0.476 e. The molecule has 1 aliphatic rings. The zero-order valence-corrected chi connectivity index (χ0v) is 13.5. The van der Waals surface area contributed by atoms with E-state index in [4.69, 9.17) is 4.74 Å². The van der Waals surface area contributed by atoms with Crippen molar-refractivity contribution in [2.24, 2.45) is 0 Å². The molecule has 0 aromatic carbocycles. The fraction of sp³-hybridized carbons (Fsp3) is 0.353. The van der Waals surface area contributed by atoms with E-state index in [1.165, 1.54) is 25.9 Å². The standard InChI is InChI=1S/C17H20N6O/c1-2-9-21(8-1)11-12-24-16-4-3-15(13-19-16)23-17(5-6-20-23)22-10-7-18-14-22/h3-7,10,13-14H,1-2,8-9,11-12H2. The molecule has 0 bridgehead atoms. The second-order valence-electron chi connectivity index (χ2n) is 5.82. The zero-order chi connectivity index (χ0) is 16.2. The molecular formula is C17H20N6O. The van der Waals surface area contributed by atoms with Crippen LogP contribution < -0.4 is 4.74 Å². The Morgan fingerprint density at radius 1 is 1.08 bits per heavy atom. The van der Waals surface area contributed by atoms with Crippen LogP contribution in [0.1, 0.15) is 12.8 Å². The van der Waals surface area contributed by atoms with Crippen LogP contribution in [0.4, 0.5) is 0 Å². The van der Waals surface area contributed by atoms with Crippen LogP contribution in [0.5, 0.6) is 5.88 Å². The molecule has 7 nitrogen and oxygen atoms in total. The SMILES string of the molecule is c1cn(-c2ccnn2-c2ccc(OCCN3CCCC3)nc2)cn1. The minimum absolute atomic E-state index is 0.647. The van der Waals surface area contributed by atoms with Gasteiger partial charge in [0.15, 0.2) is 0 Å². The average molecular weight is 324 g/mol. The fourth-order valence-electron chi connectivity index (χ4n) is 2.95. The highest BCUT2D eigenvalue weighted by molar-refractivity contribution is 5.37. The van der Waals surface area contributed by atoms with Gasteiger partial charge in [-0.2, -0.15) is 5.10 Å². The minimum Gasteiger partial charge on any atom is -0.476 e. The molecule has 0 radical (unpaired) electrons. The van der Waals surface area contributed by atoms with Gasteiger partial charge in [-0.25, -0.2) is 14.6 Å². The third kappa shape index (κ3) is 3.16. The molecule has 0 amide bonds. The lowest BCUT2D eigenvalue weighted by Gasteiger charge is -2.14. The van der Waals surface area contributed by atoms with Crippen LogP contribution in [0, 0.1) is 0 Å². The van der Waals surface area contributed by atoms with Crippen molar-refractivity contribution in [3.05, 3.63) is 49.3 Å². The van der Waals surface area contributed by atoms with E-state index in [0.717, 1.165) is 18.1 Å². The van der Waals surface area contributed by atoms with Crippen molar-refractivity contribution < 1.29 is 4.74 Å². The molecule has 3 aromatic rings. The molecule has 7 heteroatoms. The summed E-state index contributed by atoms with van der Waals surface area (Å²) in [5.41, 5.74) is 0.885. The molecule has 4 heterocycles. The van der Waals surface area contributed by atoms with Crippen LogP contribution in [-0.4, -0.2) is 55.5 Å². The summed E-state index contributed by atoms with van der Waals surface area (Å²) in [6, 6.07) is 5.78. The Hall–Kier alpha value is -2.67. The molecular weight excluding hydrogens is 304 g/mol. The Morgan fingerprint density at radius 3 is 2.75 bits per heavy atom. The minimum atomic E-state index is 0.647. The number of hydrogen-bond donors (Lipinski definition) is 0. The number of likely N-dealkylation sites (tertiary alicyclic amines) is 1. The second-order valence-corrected chi connectivity index (χ2v) is 5.82. The predicted octanol–water partition coefficient (Wildman–Crippen LogP) is 1.93. The number of hydrogen-bond acceptors (Lipinski definition) is 5. The van der Waals surface area contributed by atoms with Gasteiger partial charge in [-0.05, 0) is 32.0 Å². The monoisotopic (exact) mass is 324 g/mol. The molecule has 0 atom stereocenters. The predicted molar refractivity (Wildman–Crippen MR) is 89.7 cm³/mol. The first-order valence-electron chi connectivity index (χ1n) is 8.24. The average Bonchev–Trinajstić information content (AvgIpc) is 3.37. The van der Waals surface area contributed by atoms with E-state index in [-0.39, 0.29) is 0 Å². The van der Waals surface area contributed by atoms with Gasteiger partial charge < -0.3 is 4.74 Å². The summed E-state index contributed by atoms with van der Waals surface area (Å²) in [6.45, 7) is 4.01. The molecule has 1 saturated heterocycles. The van der Waals surface area contributed by atoms with Crippen LogP contribution in [0.25, 0.3) is 11.5 Å². The Kier molecular flexibility index (Phi) is 4.24. The van der Waals surface area contributed by atoms with Gasteiger partial charge in [-0.1, -0.05) is 0 Å². The van der Waals surface area contributed by atoms with Crippen molar-refractivity contribution in [3.63, 3.8) is 0 Å². The summed E-state index contributed by atoms with van der Waals surface area (Å²) >= 11 is 0. The fourth-order valence-corrected chi connectivity index (χ4v) is 2.95. The van der Waals surface area contributed by atoms with Crippen molar-refractivity contribution >= 4 is 0 Å². The number of rotatable bonds is 6. The highest BCUT2D eigenvalue weighted by atomic mass is 16.5. The van der Waals surface area contributed by atoms with Crippen molar-refractivity contribution in [2.75, 3.05) is 26.2 Å². The number of pyridine rings is 1. The van der Waals surface area contributed by atoms with Crippen LogP contribution in [-0.2, 0) is 0 Å². The maximum Gasteiger partial charge on any atom is 0.213 e. The van der Waals surface area contributed by atoms with Gasteiger partial charge in [0, 0.05) is 31.1 Å². The number of aromatic nitrogens is 5. The summed E-state index contributed by atoms with van der Waals surface area (Å²) in [5, 5.41) is 4.37. The number of ether oxygens (including phenoxy) is 1. The van der Waals surface area contributed by atoms with Gasteiger partial charge in [0.25, 0.3) is 0 Å². The van der Waals surface area contributed by atoms with Gasteiger partial charge in [0.1, 0.15) is 18.8 Å². The Bertz CT molecular complexity index is 759. The molecule has 3 aromatic heterocycles. The van der Waals surface area contributed by atoms with Crippen LogP contribution in [0.15, 0.2) is 49.3 Å². The third-order valence-corrected chi connectivity index (χ3v) is 4.21. The van der Waals surface area contributed by atoms with E-state index >= 15 is 0 Å². The first kappa shape index (κ1) is 14.9. The second kappa shape index (κ2) is 6.84. The highest BCUT2D eigenvalue weighted by Crippen LogP contribution is 2.16. The molecule has 0 N–H and O–H groups in total. The first-order valence-corrected chi connectivity index (χ1v) is 8.24. The molecule has 1 fully saturated rings. The van der Waals surface area contributed by atoms with E-state index in [1.54, 1.807) is 24.9 Å². The van der Waals surface area contributed by atoms with E-state index in [0.29, 0.717) is 12.5 Å². The molecule has 0 aliphatic carbocycles. The summed E-state index contributed by atoms with van der Waals surface area (Å²) < 4.78 is 9.48. The van der Waals surface area contributed by atoms with Crippen molar-refractivity contribution in [1.29, 1.82) is 0 Å². The lowest BCUT2D eigenvalue weighted by Crippen LogP contribution is -2.25. The van der Waals surface area contributed by atoms with E-state index in [2.05, 4.69) is 20.0 Å². The molecule has 1 aliphatic heterocycles. The van der Waals surface area contributed by atoms with Gasteiger partial charge in [-0.15, -0.1) is 0 Å². The van der Waals surface area contributed by atoms with Gasteiger partial charge in [0.2, 0.25) is 5.88 Å². The smallest absolute Gasteiger partial charge is 0.213 e. The van der Waals surface area contributed by atoms with Crippen LogP contribution in [0.3, 0.4) is 0 Å². The van der Waals surface area contributed by atoms with Crippen LogP contribution in [0.2, 0.25) is 0 Å². The Morgan fingerprint density at radius 2 is 2.00 bits per heavy atom. The quantitative estimate of drug-likeness (QED) is 0.693.